The van der Waals surface area contributed by atoms with E-state index in [1.165, 1.54) is 0 Å². The molecule has 0 rings (SSSR count). The third kappa shape index (κ3) is 6.46. The van der Waals surface area contributed by atoms with Crippen LogP contribution in [0.1, 0.15) is 60.8 Å². The summed E-state index contributed by atoms with van der Waals surface area (Å²) < 4.78 is 0. The standard InChI is InChI=1S/C16H32N2O3/c1-11(2)12(7-8-13(19)20)9-10-18-14(21)15(3,4)16(5,6)17/h11-12H,7-10,17H2,1-6H3,(H,18,21)(H,19,20). The van der Waals surface area contributed by atoms with Gasteiger partial charge in [-0.05, 0) is 52.4 Å². The summed E-state index contributed by atoms with van der Waals surface area (Å²) in [6, 6.07) is 0. The second kappa shape index (κ2) is 7.78. The van der Waals surface area contributed by atoms with Gasteiger partial charge in [-0.3, -0.25) is 9.59 Å². The zero-order chi connectivity index (χ0) is 16.8. The van der Waals surface area contributed by atoms with Gasteiger partial charge in [0.25, 0.3) is 0 Å². The Balaban J connectivity index is 4.38. The number of nitrogens with two attached hydrogens (primary N) is 1. The lowest BCUT2D eigenvalue weighted by molar-refractivity contribution is -0.137. The van der Waals surface area contributed by atoms with E-state index >= 15 is 0 Å². The molecule has 1 unspecified atom stereocenters. The molecule has 0 heterocycles. The Bertz CT molecular complexity index is 357. The molecule has 1 atom stereocenters. The number of carboxylic acid groups (broad SMARTS) is 1. The molecule has 0 spiro atoms. The van der Waals surface area contributed by atoms with E-state index in [9.17, 15) is 9.59 Å². The number of carbonyl (C=O) groups excluding carboxylic acids is 1. The monoisotopic (exact) mass is 300 g/mol. The van der Waals surface area contributed by atoms with Gasteiger partial charge < -0.3 is 16.2 Å². The number of nitrogens with one attached hydrogen (secondary N) is 1. The maximum atomic E-state index is 12.2. The Morgan fingerprint density at radius 3 is 2.05 bits per heavy atom. The number of amides is 1. The van der Waals surface area contributed by atoms with Crippen molar-refractivity contribution < 1.29 is 14.7 Å². The Kier molecular flexibility index (Phi) is 7.37. The number of hydrogen-bond donors (Lipinski definition) is 3. The molecule has 0 radical (unpaired) electrons. The Hall–Kier alpha value is -1.10. The average Bonchev–Trinajstić information content (AvgIpc) is 2.30. The van der Waals surface area contributed by atoms with Crippen LogP contribution in [0.2, 0.25) is 0 Å². The van der Waals surface area contributed by atoms with Crippen molar-refractivity contribution in [1.82, 2.24) is 5.32 Å². The first-order valence-corrected chi connectivity index (χ1v) is 7.68. The molecule has 0 aliphatic rings. The molecule has 0 fully saturated rings. The van der Waals surface area contributed by atoms with Crippen LogP contribution in [-0.2, 0) is 9.59 Å². The van der Waals surface area contributed by atoms with Gasteiger partial charge in [0.1, 0.15) is 0 Å². The molecule has 0 aromatic carbocycles. The molecule has 0 aliphatic carbocycles. The van der Waals surface area contributed by atoms with Crippen molar-refractivity contribution in [2.24, 2.45) is 23.0 Å². The van der Waals surface area contributed by atoms with Crippen LogP contribution in [0.4, 0.5) is 0 Å². The van der Waals surface area contributed by atoms with Crippen molar-refractivity contribution in [3.63, 3.8) is 0 Å². The van der Waals surface area contributed by atoms with Crippen LogP contribution in [0.5, 0.6) is 0 Å². The molecule has 0 aliphatic heterocycles. The van der Waals surface area contributed by atoms with Gasteiger partial charge in [0.15, 0.2) is 0 Å². The van der Waals surface area contributed by atoms with E-state index in [0.29, 0.717) is 24.8 Å². The van der Waals surface area contributed by atoms with E-state index in [0.717, 1.165) is 6.42 Å². The predicted molar refractivity (Wildman–Crippen MR) is 84.9 cm³/mol. The summed E-state index contributed by atoms with van der Waals surface area (Å²) in [4.78, 5) is 22.9. The molecular weight excluding hydrogens is 268 g/mol. The van der Waals surface area contributed by atoms with Crippen molar-refractivity contribution in [3.05, 3.63) is 0 Å². The highest BCUT2D eigenvalue weighted by Gasteiger charge is 2.40. The highest BCUT2D eigenvalue weighted by Crippen LogP contribution is 2.28. The maximum absolute atomic E-state index is 12.2. The lowest BCUT2D eigenvalue weighted by Crippen LogP contribution is -2.55. The van der Waals surface area contributed by atoms with Crippen molar-refractivity contribution in [3.8, 4) is 0 Å². The average molecular weight is 300 g/mol. The lowest BCUT2D eigenvalue weighted by atomic mass is 9.74. The van der Waals surface area contributed by atoms with Crippen LogP contribution < -0.4 is 11.1 Å². The quantitative estimate of drug-likeness (QED) is 0.609. The van der Waals surface area contributed by atoms with Gasteiger partial charge in [0, 0.05) is 18.5 Å². The van der Waals surface area contributed by atoms with Gasteiger partial charge in [0.05, 0.1) is 5.41 Å². The molecule has 21 heavy (non-hydrogen) atoms. The largest absolute Gasteiger partial charge is 0.481 e. The summed E-state index contributed by atoms with van der Waals surface area (Å²) in [5.41, 5.74) is 4.80. The Morgan fingerprint density at radius 2 is 1.67 bits per heavy atom. The van der Waals surface area contributed by atoms with Gasteiger partial charge in [-0.2, -0.15) is 0 Å². The fraction of sp³-hybridized carbons (Fsp3) is 0.875. The summed E-state index contributed by atoms with van der Waals surface area (Å²) in [6.45, 7) is 12.1. The van der Waals surface area contributed by atoms with E-state index in [2.05, 4.69) is 19.2 Å². The minimum absolute atomic E-state index is 0.0595. The van der Waals surface area contributed by atoms with E-state index < -0.39 is 16.9 Å². The molecule has 0 saturated heterocycles. The topological polar surface area (TPSA) is 92.4 Å². The fourth-order valence-corrected chi connectivity index (χ4v) is 2.00. The molecule has 124 valence electrons. The zero-order valence-electron chi connectivity index (χ0n) is 14.3. The SMILES string of the molecule is CC(C)C(CCNC(=O)C(C)(C)C(C)(C)N)CCC(=O)O. The van der Waals surface area contributed by atoms with Crippen LogP contribution in [0.3, 0.4) is 0 Å². The first-order valence-electron chi connectivity index (χ1n) is 7.68. The predicted octanol–water partition coefficient (Wildman–Crippen LogP) is 2.39. The molecular formula is C16H32N2O3. The molecule has 0 bridgehead atoms. The van der Waals surface area contributed by atoms with Crippen molar-refractivity contribution in [2.75, 3.05) is 6.54 Å². The van der Waals surface area contributed by atoms with Gasteiger partial charge >= 0.3 is 5.97 Å². The maximum Gasteiger partial charge on any atom is 0.303 e. The third-order valence-corrected chi connectivity index (χ3v) is 4.65. The molecule has 5 nitrogen and oxygen atoms in total. The lowest BCUT2D eigenvalue weighted by Gasteiger charge is -2.37. The summed E-state index contributed by atoms with van der Waals surface area (Å²) in [5, 5.41) is 11.7. The second-order valence-corrected chi connectivity index (χ2v) is 7.33. The third-order valence-electron chi connectivity index (χ3n) is 4.65. The summed E-state index contributed by atoms with van der Waals surface area (Å²) in [6.07, 6.45) is 1.62. The number of rotatable bonds is 9. The summed E-state index contributed by atoms with van der Waals surface area (Å²) >= 11 is 0. The van der Waals surface area contributed by atoms with Crippen LogP contribution in [0.15, 0.2) is 0 Å². The van der Waals surface area contributed by atoms with Crippen molar-refractivity contribution in [2.45, 2.75) is 66.3 Å². The first-order chi connectivity index (χ1) is 9.39. The minimum atomic E-state index is -0.768. The molecule has 0 aromatic rings. The second-order valence-electron chi connectivity index (χ2n) is 7.33. The van der Waals surface area contributed by atoms with Crippen LogP contribution in [0, 0.1) is 17.3 Å². The molecule has 0 aromatic heterocycles. The summed E-state index contributed by atoms with van der Waals surface area (Å²) in [5.74, 6) is -0.123. The van der Waals surface area contributed by atoms with Gasteiger partial charge in [-0.15, -0.1) is 0 Å². The van der Waals surface area contributed by atoms with E-state index in [4.69, 9.17) is 10.8 Å². The molecule has 5 heteroatoms. The smallest absolute Gasteiger partial charge is 0.303 e. The highest BCUT2D eigenvalue weighted by molar-refractivity contribution is 5.83. The van der Waals surface area contributed by atoms with E-state index in [-0.39, 0.29) is 12.3 Å². The number of carboxylic acids is 1. The van der Waals surface area contributed by atoms with Crippen molar-refractivity contribution in [1.29, 1.82) is 0 Å². The van der Waals surface area contributed by atoms with Crippen LogP contribution >= 0.6 is 0 Å². The van der Waals surface area contributed by atoms with E-state index in [1.54, 1.807) is 0 Å². The van der Waals surface area contributed by atoms with Gasteiger partial charge in [-0.1, -0.05) is 13.8 Å². The van der Waals surface area contributed by atoms with E-state index in [1.807, 2.05) is 27.7 Å². The normalized spacial score (nSPS) is 14.1. The molecule has 1 amide bonds. The van der Waals surface area contributed by atoms with Gasteiger partial charge in [0.2, 0.25) is 5.91 Å². The Labute approximate surface area is 128 Å². The summed E-state index contributed by atoms with van der Waals surface area (Å²) in [7, 11) is 0. The highest BCUT2D eigenvalue weighted by atomic mass is 16.4. The number of carbonyl (C=O) groups is 2. The van der Waals surface area contributed by atoms with Crippen molar-refractivity contribution >= 4 is 11.9 Å². The van der Waals surface area contributed by atoms with Crippen LogP contribution in [0.25, 0.3) is 0 Å². The minimum Gasteiger partial charge on any atom is -0.481 e. The number of hydrogen-bond acceptors (Lipinski definition) is 3. The van der Waals surface area contributed by atoms with Crippen LogP contribution in [-0.4, -0.2) is 29.1 Å². The Morgan fingerprint density at radius 1 is 1.14 bits per heavy atom. The fourth-order valence-electron chi connectivity index (χ4n) is 2.00. The molecule has 0 saturated carbocycles. The number of aliphatic carboxylic acids is 1. The zero-order valence-corrected chi connectivity index (χ0v) is 14.3. The van der Waals surface area contributed by atoms with Gasteiger partial charge in [-0.25, -0.2) is 0 Å². The first kappa shape index (κ1) is 19.9. The molecule has 4 N–H and O–H groups in total.